The van der Waals surface area contributed by atoms with Gasteiger partial charge < -0.3 is 9.47 Å². The van der Waals surface area contributed by atoms with Crippen molar-refractivity contribution in [2.75, 3.05) is 11.9 Å². The molecule has 0 saturated heterocycles. The van der Waals surface area contributed by atoms with Gasteiger partial charge in [0.2, 0.25) is 9.58 Å². The fraction of sp³-hybridized carbons (Fsp3) is 0.200. The average Bonchev–Trinajstić information content (AvgIpc) is 3.34. The highest BCUT2D eigenvalue weighted by atomic mass is 35.6. The number of ketones is 1. The predicted molar refractivity (Wildman–Crippen MR) is 156 cm³/mol. The minimum absolute atomic E-state index is 0.0463. The molecule has 3 aromatic carbocycles. The van der Waals surface area contributed by atoms with E-state index in [2.05, 4.69) is 54.6 Å². The van der Waals surface area contributed by atoms with Crippen molar-refractivity contribution in [1.29, 1.82) is 0 Å². The molecule has 5 aromatic rings. The Morgan fingerprint density at radius 2 is 1.76 bits per heavy atom. The van der Waals surface area contributed by atoms with Gasteiger partial charge in [0.05, 0.1) is 16.9 Å². The Bertz CT molecular complexity index is 1810. The lowest BCUT2D eigenvalue weighted by atomic mass is 9.96. The Morgan fingerprint density at radius 3 is 2.49 bits per heavy atom. The second kappa shape index (κ2) is 8.49. The first-order valence-corrected chi connectivity index (χ1v) is 13.3. The largest absolute Gasteiger partial charge is 0.341 e. The van der Waals surface area contributed by atoms with Crippen LogP contribution in [0, 0.1) is 13.8 Å². The monoisotopic (exact) mass is 547 g/mol. The number of benzene rings is 3. The summed E-state index contributed by atoms with van der Waals surface area (Å²) in [7, 11) is 1.87. The van der Waals surface area contributed by atoms with E-state index >= 15 is 0 Å². The van der Waals surface area contributed by atoms with Gasteiger partial charge in [0.1, 0.15) is 0 Å². The number of fused-ring (bicyclic) bond motifs is 5. The Hall–Kier alpha value is -3.05. The summed E-state index contributed by atoms with van der Waals surface area (Å²) in [5.74, 6) is -0.0463. The molecular weight excluding hydrogens is 525 g/mol. The van der Waals surface area contributed by atoms with Crippen LogP contribution in [0.25, 0.3) is 38.7 Å². The number of allylic oxidation sites excluding steroid dienone is 1. The maximum atomic E-state index is 13.3. The summed E-state index contributed by atoms with van der Waals surface area (Å²) in [6.45, 7) is 7.39. The van der Waals surface area contributed by atoms with Crippen molar-refractivity contribution < 1.29 is 4.79 Å². The fourth-order valence-corrected chi connectivity index (χ4v) is 6.11. The number of nitrogens with zero attached hydrogens (tertiary/aromatic N) is 3. The number of rotatable bonds is 2. The van der Waals surface area contributed by atoms with Crippen LogP contribution in [0.2, 0.25) is 0 Å². The maximum Gasteiger partial charge on any atom is 0.216 e. The van der Waals surface area contributed by atoms with Crippen LogP contribution in [0.5, 0.6) is 0 Å². The third-order valence-electron chi connectivity index (χ3n) is 7.59. The summed E-state index contributed by atoms with van der Waals surface area (Å²) >= 11 is 18.3. The molecule has 4 nitrogen and oxygen atoms in total. The van der Waals surface area contributed by atoms with Crippen LogP contribution < -0.4 is 4.90 Å². The van der Waals surface area contributed by atoms with Crippen LogP contribution in [0.4, 0.5) is 5.69 Å². The van der Waals surface area contributed by atoms with E-state index in [0.29, 0.717) is 16.8 Å². The van der Waals surface area contributed by atoms with Gasteiger partial charge in [0.15, 0.2) is 0 Å². The van der Waals surface area contributed by atoms with Crippen molar-refractivity contribution in [1.82, 2.24) is 9.55 Å². The number of alkyl halides is 3. The number of carbonyl (C=O) groups is 1. The van der Waals surface area contributed by atoms with E-state index in [9.17, 15) is 4.79 Å². The molecule has 2 aromatic heterocycles. The molecule has 0 unspecified atom stereocenters. The zero-order valence-corrected chi connectivity index (χ0v) is 23.1. The van der Waals surface area contributed by atoms with Crippen molar-refractivity contribution in [3.63, 3.8) is 0 Å². The zero-order chi connectivity index (χ0) is 26.2. The number of anilines is 1. The Labute approximate surface area is 230 Å². The third-order valence-corrected chi connectivity index (χ3v) is 8.25. The molecule has 0 amide bonds. The van der Waals surface area contributed by atoms with Crippen LogP contribution in [0.15, 0.2) is 60.6 Å². The molecule has 0 aliphatic carbocycles. The highest BCUT2D eigenvalue weighted by Crippen LogP contribution is 2.43. The van der Waals surface area contributed by atoms with E-state index in [1.807, 2.05) is 30.4 Å². The van der Waals surface area contributed by atoms with Gasteiger partial charge in [-0.2, -0.15) is 0 Å². The normalized spacial score (nSPS) is 15.1. The molecule has 7 heteroatoms. The lowest BCUT2D eigenvalue weighted by Gasteiger charge is -2.17. The molecule has 0 N–H and O–H groups in total. The summed E-state index contributed by atoms with van der Waals surface area (Å²) in [6, 6.07) is 13.7. The number of hydrogen-bond donors (Lipinski definition) is 0. The quantitative estimate of drug-likeness (QED) is 0.164. The highest BCUT2D eigenvalue weighted by Gasteiger charge is 2.33. The van der Waals surface area contributed by atoms with Crippen LogP contribution >= 0.6 is 34.8 Å². The first kappa shape index (κ1) is 24.3. The number of halogens is 3. The first-order chi connectivity index (χ1) is 17.6. The molecule has 6 rings (SSSR count). The molecule has 0 bridgehead atoms. The molecule has 0 radical (unpaired) electrons. The summed E-state index contributed by atoms with van der Waals surface area (Å²) in [5.41, 5.74) is 8.28. The minimum atomic E-state index is -1.56. The van der Waals surface area contributed by atoms with Gasteiger partial charge in [-0.15, -0.1) is 0 Å². The molecule has 0 fully saturated rings. The predicted octanol–water partition coefficient (Wildman–Crippen LogP) is 8.48. The van der Waals surface area contributed by atoms with E-state index in [0.717, 1.165) is 17.8 Å². The molecule has 37 heavy (non-hydrogen) atoms. The number of hydrogen-bond acceptors (Lipinski definition) is 3. The number of carbonyl (C=O) groups excluding carboxylic acids is 1. The average molecular weight is 549 g/mol. The summed E-state index contributed by atoms with van der Waals surface area (Å²) in [5, 5.41) is 4.81. The summed E-state index contributed by atoms with van der Waals surface area (Å²) < 4.78 is 0.817. The van der Waals surface area contributed by atoms with Crippen molar-refractivity contribution in [2.24, 2.45) is 0 Å². The van der Waals surface area contributed by atoms with Gasteiger partial charge in [-0.3, -0.25) is 9.78 Å². The lowest BCUT2D eigenvalue weighted by molar-refractivity contribution is 0.104. The van der Waals surface area contributed by atoms with Crippen molar-refractivity contribution in [3.05, 3.63) is 88.4 Å². The Balaban J connectivity index is 1.55. The van der Waals surface area contributed by atoms with Gasteiger partial charge in [-0.25, -0.2) is 0 Å². The van der Waals surface area contributed by atoms with E-state index < -0.39 is 3.79 Å². The second-order valence-corrected chi connectivity index (χ2v) is 11.8. The fourth-order valence-electron chi connectivity index (χ4n) is 5.76. The number of aryl methyl sites for hydroxylation is 3. The minimum Gasteiger partial charge on any atom is -0.341 e. The smallest absolute Gasteiger partial charge is 0.216 e. The molecule has 0 spiro atoms. The molecule has 3 heterocycles. The summed E-state index contributed by atoms with van der Waals surface area (Å²) in [4.78, 5) is 19.6. The van der Waals surface area contributed by atoms with E-state index in [1.165, 1.54) is 43.7 Å². The van der Waals surface area contributed by atoms with Crippen molar-refractivity contribution in [3.8, 4) is 0 Å². The second-order valence-electron chi connectivity index (χ2n) is 9.56. The highest BCUT2D eigenvalue weighted by molar-refractivity contribution is 6.66. The van der Waals surface area contributed by atoms with Gasteiger partial charge in [-0.1, -0.05) is 46.9 Å². The van der Waals surface area contributed by atoms with E-state index in [-0.39, 0.29) is 5.78 Å². The van der Waals surface area contributed by atoms with Gasteiger partial charge in [0, 0.05) is 58.8 Å². The number of aromatic nitrogens is 2. The topological polar surface area (TPSA) is 38.1 Å². The Kier molecular flexibility index (Phi) is 5.57. The molecule has 0 atom stereocenters. The first-order valence-electron chi connectivity index (χ1n) is 12.1. The van der Waals surface area contributed by atoms with Crippen LogP contribution in [0.3, 0.4) is 0 Å². The van der Waals surface area contributed by atoms with Crippen LogP contribution in [0.1, 0.15) is 39.5 Å². The van der Waals surface area contributed by atoms with Crippen LogP contribution in [-0.4, -0.2) is 22.4 Å². The van der Waals surface area contributed by atoms with Gasteiger partial charge in [0.25, 0.3) is 0 Å². The molecule has 0 saturated carbocycles. The zero-order valence-electron chi connectivity index (χ0n) is 20.9. The molecule has 1 aliphatic rings. The number of pyridine rings is 1. The maximum absolute atomic E-state index is 13.3. The SMILES string of the molecule is CCn1c2ccc(/C=C3/C(=O)c4ccc(C(Cl)(Cl)Cl)cc4N3C)cc2c2c(C)c3ccncc3c(C)c21. The molecule has 186 valence electrons. The molecule has 1 aliphatic heterocycles. The van der Waals surface area contributed by atoms with Crippen LogP contribution in [-0.2, 0) is 10.3 Å². The van der Waals surface area contributed by atoms with Crippen molar-refractivity contribution in [2.45, 2.75) is 31.1 Å². The van der Waals surface area contributed by atoms with Gasteiger partial charge in [-0.05, 0) is 79.3 Å². The van der Waals surface area contributed by atoms with Crippen molar-refractivity contribution >= 4 is 84.9 Å². The van der Waals surface area contributed by atoms with Gasteiger partial charge >= 0.3 is 0 Å². The molecular formula is C30H24Cl3N3O. The van der Waals surface area contributed by atoms with E-state index in [1.54, 1.807) is 18.2 Å². The number of Topliss-reactive ketones (excluding diaryl/α,β-unsaturated/α-hetero) is 1. The number of likely N-dealkylation sites (N-methyl/N-ethyl adjacent to an activating group) is 1. The third kappa shape index (κ3) is 3.58. The lowest BCUT2D eigenvalue weighted by Crippen LogP contribution is -2.14. The standard InChI is InChI=1S/C30H24Cl3N3O/c1-5-36-24-9-6-18(12-22(24)27-16(2)20-10-11-34-15-23(20)17(3)28(27)36)13-26-29(37)21-8-7-19(30(31,32)33)14-25(21)35(26)4/h6-15H,5H2,1-4H3/b26-13-. The Morgan fingerprint density at radius 1 is 0.973 bits per heavy atom. The van der Waals surface area contributed by atoms with E-state index in [4.69, 9.17) is 34.8 Å². The summed E-state index contributed by atoms with van der Waals surface area (Å²) in [6.07, 6.45) is 5.75.